The average molecular weight is 343 g/mol. The number of carbonyl (C=O) groups excluding carboxylic acids is 1. The summed E-state index contributed by atoms with van der Waals surface area (Å²) < 4.78 is 5.12. The molecule has 1 fully saturated rings. The molecule has 1 aromatic carbocycles. The number of urea groups is 1. The predicted molar refractivity (Wildman–Crippen MR) is 94.9 cm³/mol. The number of benzene rings is 1. The van der Waals surface area contributed by atoms with E-state index in [1.54, 1.807) is 12.1 Å². The minimum Gasteiger partial charge on any atom is -0.467 e. The van der Waals surface area contributed by atoms with Gasteiger partial charge in [-0.05, 0) is 37.1 Å². The van der Waals surface area contributed by atoms with Gasteiger partial charge >= 0.3 is 6.03 Å². The number of rotatable bonds is 6. The Morgan fingerprint density at radius 3 is 2.88 bits per heavy atom. The Balaban J connectivity index is 1.41. The number of piperidine rings is 1. The van der Waals surface area contributed by atoms with Crippen LogP contribution >= 0.6 is 0 Å². The molecule has 134 valence electrons. The molecule has 6 nitrogen and oxygen atoms in total. The van der Waals surface area contributed by atoms with Gasteiger partial charge in [-0.1, -0.05) is 30.3 Å². The fraction of sp³-hybridized carbons (Fsp3) is 0.421. The van der Waals surface area contributed by atoms with Gasteiger partial charge in [0.15, 0.2) is 0 Å². The number of aliphatic hydroxyl groups excluding tert-OH is 1. The second-order valence-electron chi connectivity index (χ2n) is 6.45. The normalized spacial score (nSPS) is 19.3. The van der Waals surface area contributed by atoms with Crippen molar-refractivity contribution < 1.29 is 14.3 Å². The van der Waals surface area contributed by atoms with E-state index < -0.39 is 6.10 Å². The van der Waals surface area contributed by atoms with Crippen LogP contribution in [0.1, 0.15) is 30.3 Å². The summed E-state index contributed by atoms with van der Waals surface area (Å²) in [6, 6.07) is 13.6. The number of nitrogens with zero attached hydrogens (tertiary/aromatic N) is 1. The lowest BCUT2D eigenvalue weighted by atomic mass is 10.0. The quantitative estimate of drug-likeness (QED) is 0.752. The van der Waals surface area contributed by atoms with Gasteiger partial charge in [-0.3, -0.25) is 4.90 Å². The number of aliphatic hydroxyl groups is 1. The lowest BCUT2D eigenvalue weighted by Crippen LogP contribution is -2.50. The van der Waals surface area contributed by atoms with E-state index in [9.17, 15) is 9.90 Å². The minimum absolute atomic E-state index is 0.123. The lowest BCUT2D eigenvalue weighted by molar-refractivity contribution is 0.145. The number of carbonyl (C=O) groups is 1. The Labute approximate surface area is 147 Å². The van der Waals surface area contributed by atoms with Crippen molar-refractivity contribution in [2.24, 2.45) is 0 Å². The van der Waals surface area contributed by atoms with Crippen LogP contribution in [-0.2, 0) is 6.54 Å². The molecular formula is C19H25N3O3. The zero-order valence-electron chi connectivity index (χ0n) is 14.2. The molecule has 2 atom stereocenters. The summed E-state index contributed by atoms with van der Waals surface area (Å²) in [5.41, 5.74) is 1.29. The molecule has 1 aliphatic rings. The molecule has 2 unspecified atom stereocenters. The summed E-state index contributed by atoms with van der Waals surface area (Å²) in [6.45, 7) is 2.91. The smallest absolute Gasteiger partial charge is 0.315 e. The maximum Gasteiger partial charge on any atom is 0.315 e. The van der Waals surface area contributed by atoms with Gasteiger partial charge < -0.3 is 20.2 Å². The van der Waals surface area contributed by atoms with Crippen LogP contribution in [-0.4, -0.2) is 41.7 Å². The van der Waals surface area contributed by atoms with Crippen molar-refractivity contribution in [2.45, 2.75) is 31.5 Å². The summed E-state index contributed by atoms with van der Waals surface area (Å²) in [7, 11) is 0. The van der Waals surface area contributed by atoms with Crippen molar-refractivity contribution in [3.63, 3.8) is 0 Å². The third-order valence-electron chi connectivity index (χ3n) is 4.42. The number of hydrogen-bond donors (Lipinski definition) is 3. The molecular weight excluding hydrogens is 318 g/mol. The number of nitrogens with one attached hydrogen (secondary N) is 2. The molecule has 1 aromatic heterocycles. The first-order chi connectivity index (χ1) is 12.2. The maximum absolute atomic E-state index is 12.1. The zero-order chi connectivity index (χ0) is 17.5. The molecule has 0 spiro atoms. The monoisotopic (exact) mass is 343 g/mol. The number of likely N-dealkylation sites (tertiary alicyclic amines) is 1. The largest absolute Gasteiger partial charge is 0.467 e. The second kappa shape index (κ2) is 8.69. The Kier molecular flexibility index (Phi) is 6.09. The van der Waals surface area contributed by atoms with E-state index in [1.165, 1.54) is 11.8 Å². The Morgan fingerprint density at radius 2 is 2.12 bits per heavy atom. The highest BCUT2D eigenvalue weighted by molar-refractivity contribution is 5.74. The third kappa shape index (κ3) is 5.34. The van der Waals surface area contributed by atoms with E-state index in [-0.39, 0.29) is 18.6 Å². The van der Waals surface area contributed by atoms with Crippen molar-refractivity contribution in [3.8, 4) is 0 Å². The molecule has 0 bridgehead atoms. The van der Waals surface area contributed by atoms with E-state index >= 15 is 0 Å². The van der Waals surface area contributed by atoms with Crippen molar-refractivity contribution in [2.75, 3.05) is 19.6 Å². The predicted octanol–water partition coefficient (Wildman–Crippen LogP) is 2.28. The molecule has 0 aliphatic carbocycles. The molecule has 0 radical (unpaired) electrons. The molecule has 2 heterocycles. The van der Waals surface area contributed by atoms with E-state index in [2.05, 4.69) is 27.7 Å². The Morgan fingerprint density at radius 1 is 1.28 bits per heavy atom. The lowest BCUT2D eigenvalue weighted by Gasteiger charge is -2.33. The first kappa shape index (κ1) is 17.5. The molecule has 6 heteroatoms. The molecule has 2 amide bonds. The first-order valence-corrected chi connectivity index (χ1v) is 8.73. The molecule has 3 rings (SSSR count). The van der Waals surface area contributed by atoms with Gasteiger partial charge in [0.2, 0.25) is 0 Å². The average Bonchev–Trinajstić information content (AvgIpc) is 3.16. The van der Waals surface area contributed by atoms with Gasteiger partial charge in [0, 0.05) is 19.1 Å². The Bertz CT molecular complexity index is 645. The Hall–Kier alpha value is -2.31. The summed E-state index contributed by atoms with van der Waals surface area (Å²) >= 11 is 0. The highest BCUT2D eigenvalue weighted by atomic mass is 16.4. The van der Waals surface area contributed by atoms with Crippen molar-refractivity contribution in [1.29, 1.82) is 0 Å². The highest BCUT2D eigenvalue weighted by Crippen LogP contribution is 2.14. The minimum atomic E-state index is -0.832. The van der Waals surface area contributed by atoms with Crippen LogP contribution in [0.5, 0.6) is 0 Å². The van der Waals surface area contributed by atoms with Crippen LogP contribution in [0.3, 0.4) is 0 Å². The SMILES string of the molecule is O=C(NCC(O)c1ccco1)NC1CCCN(Cc2ccccc2)C1. The van der Waals surface area contributed by atoms with E-state index in [0.717, 1.165) is 32.5 Å². The molecule has 25 heavy (non-hydrogen) atoms. The van der Waals surface area contributed by atoms with Gasteiger partial charge in [-0.2, -0.15) is 0 Å². The van der Waals surface area contributed by atoms with Crippen molar-refractivity contribution in [1.82, 2.24) is 15.5 Å². The first-order valence-electron chi connectivity index (χ1n) is 8.73. The summed E-state index contributed by atoms with van der Waals surface area (Å²) in [4.78, 5) is 14.4. The van der Waals surface area contributed by atoms with Crippen molar-refractivity contribution >= 4 is 6.03 Å². The zero-order valence-corrected chi connectivity index (χ0v) is 14.2. The number of hydrogen-bond acceptors (Lipinski definition) is 4. The second-order valence-corrected chi connectivity index (χ2v) is 6.45. The van der Waals surface area contributed by atoms with Gasteiger partial charge in [-0.15, -0.1) is 0 Å². The van der Waals surface area contributed by atoms with Crippen LogP contribution in [0.4, 0.5) is 4.79 Å². The van der Waals surface area contributed by atoms with E-state index in [4.69, 9.17) is 4.42 Å². The van der Waals surface area contributed by atoms with Crippen LogP contribution in [0.25, 0.3) is 0 Å². The molecule has 1 aliphatic heterocycles. The fourth-order valence-corrected chi connectivity index (χ4v) is 3.17. The number of amides is 2. The topological polar surface area (TPSA) is 77.7 Å². The van der Waals surface area contributed by atoms with Gasteiger partial charge in [0.25, 0.3) is 0 Å². The van der Waals surface area contributed by atoms with Crippen LogP contribution in [0.2, 0.25) is 0 Å². The molecule has 2 aromatic rings. The van der Waals surface area contributed by atoms with Crippen molar-refractivity contribution in [3.05, 3.63) is 60.1 Å². The van der Waals surface area contributed by atoms with Gasteiger partial charge in [-0.25, -0.2) is 4.79 Å². The van der Waals surface area contributed by atoms with E-state index in [0.29, 0.717) is 5.76 Å². The molecule has 3 N–H and O–H groups in total. The standard InChI is InChI=1S/C19H25N3O3/c23-17(18-9-5-11-25-18)12-20-19(24)21-16-8-4-10-22(14-16)13-15-6-2-1-3-7-15/h1-3,5-7,9,11,16-17,23H,4,8,10,12-14H2,(H2,20,21,24). The van der Waals surface area contributed by atoms with Crippen LogP contribution < -0.4 is 10.6 Å². The van der Waals surface area contributed by atoms with Crippen LogP contribution in [0.15, 0.2) is 53.1 Å². The highest BCUT2D eigenvalue weighted by Gasteiger charge is 2.21. The molecule has 0 saturated carbocycles. The summed E-state index contributed by atoms with van der Waals surface area (Å²) in [5.74, 6) is 0.451. The van der Waals surface area contributed by atoms with Gasteiger partial charge in [0.05, 0.1) is 12.8 Å². The van der Waals surface area contributed by atoms with E-state index in [1.807, 2.05) is 18.2 Å². The fourth-order valence-electron chi connectivity index (χ4n) is 3.17. The van der Waals surface area contributed by atoms with Gasteiger partial charge in [0.1, 0.15) is 11.9 Å². The maximum atomic E-state index is 12.1. The summed E-state index contributed by atoms with van der Waals surface area (Å²) in [6.07, 6.45) is 2.70. The van der Waals surface area contributed by atoms with Crippen LogP contribution in [0, 0.1) is 0 Å². The summed E-state index contributed by atoms with van der Waals surface area (Å²) in [5, 5.41) is 15.6. The number of furan rings is 1. The molecule has 1 saturated heterocycles. The third-order valence-corrected chi connectivity index (χ3v) is 4.42.